The summed E-state index contributed by atoms with van der Waals surface area (Å²) in [7, 11) is 0. The Morgan fingerprint density at radius 2 is 1.85 bits per heavy atom. The fourth-order valence-electron chi connectivity index (χ4n) is 3.14. The Kier molecular flexibility index (Phi) is 8.88. The zero-order chi connectivity index (χ0) is 18.3. The fourth-order valence-corrected chi connectivity index (χ4v) is 3.14. The maximum atomic E-state index is 12.5. The van der Waals surface area contributed by atoms with Gasteiger partial charge in [-0.2, -0.15) is 0 Å². The van der Waals surface area contributed by atoms with Crippen molar-refractivity contribution in [2.75, 3.05) is 25.0 Å². The molecule has 0 atom stereocenters. The molecule has 1 aromatic rings. The molecule has 0 aliphatic heterocycles. The van der Waals surface area contributed by atoms with Crippen LogP contribution in [0, 0.1) is 0 Å². The number of carbonyl (C=O) groups excluding carboxylic acids is 2. The maximum absolute atomic E-state index is 12.5. The van der Waals surface area contributed by atoms with Gasteiger partial charge >= 0.3 is 0 Å². The summed E-state index contributed by atoms with van der Waals surface area (Å²) in [6, 6.07) is 7.07. The van der Waals surface area contributed by atoms with Crippen molar-refractivity contribution in [3.05, 3.63) is 24.3 Å². The van der Waals surface area contributed by atoms with Crippen molar-refractivity contribution in [1.82, 2.24) is 4.90 Å². The molecule has 0 bridgehead atoms. The van der Waals surface area contributed by atoms with Gasteiger partial charge in [-0.3, -0.25) is 9.59 Å². The molecule has 1 aliphatic rings. The number of anilines is 1. The third-order valence-electron chi connectivity index (χ3n) is 4.77. The summed E-state index contributed by atoms with van der Waals surface area (Å²) in [5.74, 6) is 0.346. The Hall–Kier alpha value is -1.79. The standard InChI is InChI=1S/C19H29N3O3.ClH/c1-3-22(4-2)17(23)14-25-16-10-8-9-15(13-16)21-18(24)19(20)11-6-5-7-12-19;/h8-10,13H,3-7,11-12,14,20H2,1-2H3,(H,21,24);1H. The van der Waals surface area contributed by atoms with Crippen LogP contribution in [-0.2, 0) is 9.59 Å². The molecule has 0 radical (unpaired) electrons. The van der Waals surface area contributed by atoms with Crippen LogP contribution in [-0.4, -0.2) is 41.9 Å². The van der Waals surface area contributed by atoms with Gasteiger partial charge in [-0.25, -0.2) is 0 Å². The molecule has 0 spiro atoms. The number of carbonyl (C=O) groups is 2. The minimum atomic E-state index is -0.784. The Labute approximate surface area is 161 Å². The van der Waals surface area contributed by atoms with Gasteiger partial charge in [-0.05, 0) is 38.8 Å². The van der Waals surface area contributed by atoms with E-state index in [1.54, 1.807) is 29.2 Å². The predicted molar refractivity (Wildman–Crippen MR) is 106 cm³/mol. The fraction of sp³-hybridized carbons (Fsp3) is 0.579. The Morgan fingerprint density at radius 1 is 1.19 bits per heavy atom. The quantitative estimate of drug-likeness (QED) is 0.758. The van der Waals surface area contributed by atoms with Crippen LogP contribution in [0.2, 0.25) is 0 Å². The summed E-state index contributed by atoms with van der Waals surface area (Å²) in [6.45, 7) is 5.18. The molecular weight excluding hydrogens is 354 g/mol. The van der Waals surface area contributed by atoms with E-state index in [1.165, 1.54) is 0 Å². The highest BCUT2D eigenvalue weighted by molar-refractivity contribution is 5.98. The lowest BCUT2D eigenvalue weighted by Crippen LogP contribution is -2.52. The molecule has 2 rings (SSSR count). The summed E-state index contributed by atoms with van der Waals surface area (Å²) in [5.41, 5.74) is 6.11. The first-order valence-electron chi connectivity index (χ1n) is 9.09. The summed E-state index contributed by atoms with van der Waals surface area (Å²) < 4.78 is 5.57. The second-order valence-electron chi connectivity index (χ2n) is 6.55. The highest BCUT2D eigenvalue weighted by Gasteiger charge is 2.35. The number of nitrogens with zero attached hydrogens (tertiary/aromatic N) is 1. The van der Waals surface area contributed by atoms with Crippen molar-refractivity contribution in [2.45, 2.75) is 51.5 Å². The third kappa shape index (κ3) is 5.88. The SMILES string of the molecule is CCN(CC)C(=O)COc1cccc(NC(=O)C2(N)CCCCC2)c1.Cl. The highest BCUT2D eigenvalue weighted by atomic mass is 35.5. The maximum Gasteiger partial charge on any atom is 0.260 e. The monoisotopic (exact) mass is 383 g/mol. The van der Waals surface area contributed by atoms with E-state index >= 15 is 0 Å². The lowest BCUT2D eigenvalue weighted by molar-refractivity contribution is -0.133. The van der Waals surface area contributed by atoms with Crippen LogP contribution in [0.15, 0.2) is 24.3 Å². The average molecular weight is 384 g/mol. The van der Waals surface area contributed by atoms with Crippen LogP contribution in [0.1, 0.15) is 46.0 Å². The van der Waals surface area contributed by atoms with E-state index < -0.39 is 5.54 Å². The molecule has 26 heavy (non-hydrogen) atoms. The number of amides is 2. The molecule has 2 amide bonds. The van der Waals surface area contributed by atoms with E-state index in [4.69, 9.17) is 10.5 Å². The van der Waals surface area contributed by atoms with E-state index in [0.717, 1.165) is 19.3 Å². The molecule has 6 nitrogen and oxygen atoms in total. The zero-order valence-electron chi connectivity index (χ0n) is 15.6. The first-order valence-corrected chi connectivity index (χ1v) is 9.09. The second kappa shape index (κ2) is 10.4. The molecule has 1 aliphatic carbocycles. The van der Waals surface area contributed by atoms with Gasteiger partial charge in [0.15, 0.2) is 6.61 Å². The number of nitrogens with one attached hydrogen (secondary N) is 1. The van der Waals surface area contributed by atoms with Gasteiger partial charge in [0.05, 0.1) is 5.54 Å². The van der Waals surface area contributed by atoms with Crippen LogP contribution in [0.25, 0.3) is 0 Å². The summed E-state index contributed by atoms with van der Waals surface area (Å²) in [4.78, 5) is 26.2. The van der Waals surface area contributed by atoms with Crippen LogP contribution in [0.3, 0.4) is 0 Å². The molecule has 0 aromatic heterocycles. The number of likely N-dealkylation sites (N-methyl/N-ethyl adjacent to an activating group) is 1. The number of ether oxygens (including phenoxy) is 1. The molecule has 0 heterocycles. The van der Waals surface area contributed by atoms with Crippen molar-refractivity contribution in [2.24, 2.45) is 5.73 Å². The summed E-state index contributed by atoms with van der Waals surface area (Å²) in [5, 5.41) is 2.89. The number of hydrogen-bond donors (Lipinski definition) is 2. The van der Waals surface area contributed by atoms with Crippen LogP contribution in [0.5, 0.6) is 5.75 Å². The van der Waals surface area contributed by atoms with Gasteiger partial charge in [-0.1, -0.05) is 25.3 Å². The molecule has 3 N–H and O–H groups in total. The van der Waals surface area contributed by atoms with Gasteiger partial charge in [0, 0.05) is 24.8 Å². The average Bonchev–Trinajstić information content (AvgIpc) is 2.62. The van der Waals surface area contributed by atoms with Gasteiger partial charge in [0.2, 0.25) is 5.91 Å². The van der Waals surface area contributed by atoms with Crippen molar-refractivity contribution in [3.63, 3.8) is 0 Å². The van der Waals surface area contributed by atoms with Crippen LogP contribution in [0.4, 0.5) is 5.69 Å². The van der Waals surface area contributed by atoms with Crippen molar-refractivity contribution < 1.29 is 14.3 Å². The topological polar surface area (TPSA) is 84.7 Å². The third-order valence-corrected chi connectivity index (χ3v) is 4.77. The Bertz CT molecular complexity index is 599. The van der Waals surface area contributed by atoms with Gasteiger partial charge in [-0.15, -0.1) is 12.4 Å². The van der Waals surface area contributed by atoms with Gasteiger partial charge in [0.1, 0.15) is 5.75 Å². The zero-order valence-corrected chi connectivity index (χ0v) is 16.4. The van der Waals surface area contributed by atoms with Crippen molar-refractivity contribution in [1.29, 1.82) is 0 Å². The molecule has 1 saturated carbocycles. The van der Waals surface area contributed by atoms with E-state index in [2.05, 4.69) is 5.32 Å². The largest absolute Gasteiger partial charge is 0.484 e. The Balaban J connectivity index is 0.00000338. The van der Waals surface area contributed by atoms with E-state index in [1.807, 2.05) is 13.8 Å². The smallest absolute Gasteiger partial charge is 0.260 e. The predicted octanol–water partition coefficient (Wildman–Crippen LogP) is 2.96. The first-order chi connectivity index (χ1) is 12.0. The van der Waals surface area contributed by atoms with E-state index in [9.17, 15) is 9.59 Å². The minimum Gasteiger partial charge on any atom is -0.484 e. The molecule has 1 fully saturated rings. The second-order valence-corrected chi connectivity index (χ2v) is 6.55. The molecular formula is C19H30ClN3O3. The van der Waals surface area contributed by atoms with E-state index in [-0.39, 0.29) is 30.8 Å². The molecule has 7 heteroatoms. The molecule has 0 saturated heterocycles. The Morgan fingerprint density at radius 3 is 2.46 bits per heavy atom. The molecule has 0 unspecified atom stereocenters. The number of halogens is 1. The number of nitrogens with two attached hydrogens (primary N) is 1. The van der Waals surface area contributed by atoms with Crippen molar-refractivity contribution in [3.8, 4) is 5.75 Å². The highest BCUT2D eigenvalue weighted by Crippen LogP contribution is 2.27. The normalized spacial score (nSPS) is 15.5. The van der Waals surface area contributed by atoms with Gasteiger partial charge < -0.3 is 20.7 Å². The number of rotatable bonds is 7. The van der Waals surface area contributed by atoms with Gasteiger partial charge in [0.25, 0.3) is 5.91 Å². The first kappa shape index (κ1) is 22.3. The van der Waals surface area contributed by atoms with Crippen LogP contribution < -0.4 is 15.8 Å². The summed E-state index contributed by atoms with van der Waals surface area (Å²) in [6.07, 6.45) is 4.54. The van der Waals surface area contributed by atoms with Crippen LogP contribution >= 0.6 is 12.4 Å². The molecule has 1 aromatic carbocycles. The molecule has 146 valence electrons. The minimum absolute atomic E-state index is 0. The van der Waals surface area contributed by atoms with E-state index in [0.29, 0.717) is 37.4 Å². The lowest BCUT2D eigenvalue weighted by Gasteiger charge is -2.31. The number of hydrogen-bond acceptors (Lipinski definition) is 4. The number of benzene rings is 1. The lowest BCUT2D eigenvalue weighted by atomic mass is 9.82. The summed E-state index contributed by atoms with van der Waals surface area (Å²) >= 11 is 0. The van der Waals surface area contributed by atoms with Crippen molar-refractivity contribution >= 4 is 29.9 Å².